The molecule has 0 saturated carbocycles. The number of anilines is 2. The summed E-state index contributed by atoms with van der Waals surface area (Å²) in [6.07, 6.45) is 3.68. The van der Waals surface area contributed by atoms with Gasteiger partial charge in [-0.2, -0.15) is 0 Å². The van der Waals surface area contributed by atoms with E-state index in [4.69, 9.17) is 17.2 Å². The molecule has 29 heavy (non-hydrogen) atoms. The Morgan fingerprint density at radius 1 is 1.14 bits per heavy atom. The van der Waals surface area contributed by atoms with Gasteiger partial charge in [-0.1, -0.05) is 26.7 Å². The van der Waals surface area contributed by atoms with Crippen molar-refractivity contribution in [3.63, 3.8) is 0 Å². The van der Waals surface area contributed by atoms with E-state index in [0.717, 1.165) is 44.7 Å². The van der Waals surface area contributed by atoms with Gasteiger partial charge >= 0.3 is 0 Å². The molecule has 2 rings (SSSR count). The van der Waals surface area contributed by atoms with Crippen molar-refractivity contribution in [1.82, 2.24) is 10.6 Å². The van der Waals surface area contributed by atoms with Crippen LogP contribution in [0.15, 0.2) is 47.6 Å². The second kappa shape index (κ2) is 11.2. The van der Waals surface area contributed by atoms with Crippen LogP contribution in [0, 0.1) is 5.92 Å². The van der Waals surface area contributed by atoms with Gasteiger partial charge in [0.25, 0.3) is 5.91 Å². The predicted octanol–water partition coefficient (Wildman–Crippen LogP) is 0.990. The lowest BCUT2D eigenvalue weighted by Crippen LogP contribution is -2.43. The van der Waals surface area contributed by atoms with Gasteiger partial charge in [-0.25, -0.2) is 0 Å². The largest absolute Gasteiger partial charge is 0.393 e. The number of nitrogens with two attached hydrogens (primary N) is 3. The van der Waals surface area contributed by atoms with E-state index in [1.807, 2.05) is 12.1 Å². The second-order valence-corrected chi connectivity index (χ2v) is 7.26. The third kappa shape index (κ3) is 6.90. The Morgan fingerprint density at radius 2 is 1.76 bits per heavy atom. The third-order valence-electron chi connectivity index (χ3n) is 5.23. The van der Waals surface area contributed by atoms with E-state index < -0.39 is 5.91 Å². The normalized spacial score (nSPS) is 15.8. The molecule has 0 unspecified atom stereocenters. The van der Waals surface area contributed by atoms with Gasteiger partial charge in [-0.15, -0.1) is 0 Å². The lowest BCUT2D eigenvalue weighted by atomic mass is 10.0. The Morgan fingerprint density at radius 3 is 2.31 bits per heavy atom. The van der Waals surface area contributed by atoms with Crippen LogP contribution in [0.25, 0.3) is 0 Å². The summed E-state index contributed by atoms with van der Waals surface area (Å²) in [5.74, 6) is 0.170. The highest BCUT2D eigenvalue weighted by Gasteiger charge is 2.11. The number of amides is 1. The molecule has 1 saturated heterocycles. The highest BCUT2D eigenvalue weighted by molar-refractivity contribution is 5.92. The summed E-state index contributed by atoms with van der Waals surface area (Å²) < 4.78 is 0. The number of nitrogens with zero attached hydrogens (tertiary/aromatic N) is 1. The average Bonchev–Trinajstić information content (AvgIpc) is 2.74. The molecule has 8 heteroatoms. The first kappa shape index (κ1) is 22.4. The van der Waals surface area contributed by atoms with Crippen molar-refractivity contribution >= 4 is 17.3 Å². The molecule has 1 aromatic carbocycles. The molecule has 8 nitrogen and oxygen atoms in total. The van der Waals surface area contributed by atoms with Crippen LogP contribution in [0.4, 0.5) is 11.4 Å². The molecule has 160 valence electrons. The van der Waals surface area contributed by atoms with Crippen LogP contribution in [-0.2, 0) is 4.79 Å². The highest BCUT2D eigenvalue weighted by atomic mass is 16.1. The summed E-state index contributed by atoms with van der Waals surface area (Å²) in [6, 6.07) is 8.11. The first-order chi connectivity index (χ1) is 13.9. The van der Waals surface area contributed by atoms with Crippen molar-refractivity contribution < 1.29 is 4.79 Å². The van der Waals surface area contributed by atoms with E-state index in [1.54, 1.807) is 6.08 Å². The molecule has 0 aliphatic carbocycles. The lowest BCUT2D eigenvalue weighted by Gasteiger charge is -2.29. The summed E-state index contributed by atoms with van der Waals surface area (Å²) in [5.41, 5.74) is 19.8. The summed E-state index contributed by atoms with van der Waals surface area (Å²) in [6.45, 7) is 8.94. The van der Waals surface area contributed by atoms with Gasteiger partial charge < -0.3 is 38.1 Å². The third-order valence-corrected chi connectivity index (χ3v) is 5.23. The Kier molecular flexibility index (Phi) is 8.67. The Hall–Kier alpha value is -2.87. The van der Waals surface area contributed by atoms with Crippen LogP contribution in [0.5, 0.6) is 0 Å². The molecule has 1 amide bonds. The van der Waals surface area contributed by atoms with E-state index in [-0.39, 0.29) is 5.70 Å². The topological polar surface area (TPSA) is 134 Å². The van der Waals surface area contributed by atoms with Crippen LogP contribution in [0.2, 0.25) is 0 Å². The van der Waals surface area contributed by atoms with Crippen LogP contribution in [0.3, 0.4) is 0 Å². The number of allylic oxidation sites excluding steroid dienone is 1. The van der Waals surface area contributed by atoms with Gasteiger partial charge in [0, 0.05) is 50.2 Å². The number of piperazine rings is 1. The summed E-state index contributed by atoms with van der Waals surface area (Å²) in [4.78, 5) is 13.9. The van der Waals surface area contributed by atoms with E-state index in [9.17, 15) is 4.79 Å². The zero-order valence-electron chi connectivity index (χ0n) is 17.5. The maximum atomic E-state index is 11.6. The van der Waals surface area contributed by atoms with Gasteiger partial charge in [-0.05, 0) is 30.2 Å². The monoisotopic (exact) mass is 401 g/mol. The second-order valence-electron chi connectivity index (χ2n) is 7.26. The van der Waals surface area contributed by atoms with E-state index in [1.165, 1.54) is 5.69 Å². The van der Waals surface area contributed by atoms with Gasteiger partial charge in [-0.3, -0.25) is 4.79 Å². The number of benzene rings is 1. The predicted molar refractivity (Wildman–Crippen MR) is 120 cm³/mol. The molecule has 1 aromatic rings. The van der Waals surface area contributed by atoms with Crippen molar-refractivity contribution in [2.24, 2.45) is 23.1 Å². The zero-order valence-corrected chi connectivity index (χ0v) is 17.5. The Bertz CT molecular complexity index is 717. The van der Waals surface area contributed by atoms with E-state index in [2.05, 4.69) is 46.8 Å². The minimum Gasteiger partial charge on any atom is -0.393 e. The Labute approximate surface area is 173 Å². The average molecular weight is 402 g/mol. The maximum Gasteiger partial charge on any atom is 0.266 e. The molecule has 9 N–H and O–H groups in total. The zero-order chi connectivity index (χ0) is 21.2. The van der Waals surface area contributed by atoms with Crippen molar-refractivity contribution in [1.29, 1.82) is 0 Å². The first-order valence-electron chi connectivity index (χ1n) is 10.3. The summed E-state index contributed by atoms with van der Waals surface area (Å²) in [5, 5.41) is 9.70. The van der Waals surface area contributed by atoms with E-state index in [0.29, 0.717) is 24.0 Å². The highest BCUT2D eigenvalue weighted by Crippen LogP contribution is 2.19. The number of nitrogens with one attached hydrogen (secondary N) is 3. The standard InChI is InChI=1S/C21H35N7O/c1-3-15(4-2)14-26-18(20(23)21(24)29)13-19(22)27-16-5-7-17(8-6-16)28-11-9-25-10-12-28/h5-8,13,15,25-27H,3-4,9-12,14,22-23H2,1-2H3,(H2,24,29)/b19-13+,20-18+. The fraction of sp³-hybridized carbons (Fsp3) is 0.476. The van der Waals surface area contributed by atoms with Crippen LogP contribution in [0.1, 0.15) is 26.7 Å². The molecule has 0 atom stereocenters. The first-order valence-corrected chi connectivity index (χ1v) is 10.3. The molecular formula is C21H35N7O. The Balaban J connectivity index is 2.07. The van der Waals surface area contributed by atoms with Crippen molar-refractivity contribution in [3.8, 4) is 0 Å². The molecular weight excluding hydrogens is 366 g/mol. The SMILES string of the molecule is CCC(CC)CNC(/C=C(\N)Nc1ccc(N2CCNCC2)cc1)=C(/N)C(N)=O. The van der Waals surface area contributed by atoms with Crippen molar-refractivity contribution in [2.45, 2.75) is 26.7 Å². The van der Waals surface area contributed by atoms with Crippen LogP contribution in [-0.4, -0.2) is 38.6 Å². The quantitative estimate of drug-likeness (QED) is 0.254. The molecule has 0 bridgehead atoms. The fourth-order valence-corrected chi connectivity index (χ4v) is 3.23. The number of carbonyl (C=O) groups is 1. The van der Waals surface area contributed by atoms with Gasteiger partial charge in [0.1, 0.15) is 11.5 Å². The summed E-state index contributed by atoms with van der Waals surface area (Å²) in [7, 11) is 0. The molecule has 1 fully saturated rings. The van der Waals surface area contributed by atoms with Gasteiger partial charge in [0.2, 0.25) is 0 Å². The van der Waals surface area contributed by atoms with Crippen LogP contribution < -0.4 is 38.1 Å². The van der Waals surface area contributed by atoms with Crippen molar-refractivity contribution in [3.05, 3.63) is 47.6 Å². The molecule has 0 aromatic heterocycles. The van der Waals surface area contributed by atoms with Crippen LogP contribution >= 0.6 is 0 Å². The minimum atomic E-state index is -0.679. The molecule has 1 heterocycles. The number of hydrogen-bond acceptors (Lipinski definition) is 7. The number of primary amides is 1. The number of rotatable bonds is 10. The fourth-order valence-electron chi connectivity index (χ4n) is 3.23. The van der Waals surface area contributed by atoms with Gasteiger partial charge in [0.15, 0.2) is 0 Å². The molecule has 1 aliphatic heterocycles. The maximum absolute atomic E-state index is 11.6. The lowest BCUT2D eigenvalue weighted by molar-refractivity contribution is -0.114. The minimum absolute atomic E-state index is 0.0326. The smallest absolute Gasteiger partial charge is 0.266 e. The number of hydrogen-bond donors (Lipinski definition) is 6. The summed E-state index contributed by atoms with van der Waals surface area (Å²) >= 11 is 0. The number of carbonyl (C=O) groups excluding carboxylic acids is 1. The molecule has 0 radical (unpaired) electrons. The van der Waals surface area contributed by atoms with Gasteiger partial charge in [0.05, 0.1) is 5.70 Å². The molecule has 0 spiro atoms. The van der Waals surface area contributed by atoms with Crippen molar-refractivity contribution in [2.75, 3.05) is 42.9 Å². The molecule has 1 aliphatic rings. The van der Waals surface area contributed by atoms with E-state index >= 15 is 0 Å².